The van der Waals surface area contributed by atoms with E-state index in [1.54, 1.807) is 0 Å². The van der Waals surface area contributed by atoms with Crippen molar-refractivity contribution >= 4 is 6.41 Å². The lowest BCUT2D eigenvalue weighted by atomic mass is 10.1. The summed E-state index contributed by atoms with van der Waals surface area (Å²) in [5.41, 5.74) is 0.351. The lowest BCUT2D eigenvalue weighted by Gasteiger charge is -2.01. The first-order valence-electron chi connectivity index (χ1n) is 4.37. The monoisotopic (exact) mass is 197 g/mol. The van der Waals surface area contributed by atoms with E-state index >= 15 is 0 Å². The van der Waals surface area contributed by atoms with Gasteiger partial charge in [-0.05, 0) is 30.2 Å². The summed E-state index contributed by atoms with van der Waals surface area (Å²) >= 11 is 0. The van der Waals surface area contributed by atoms with Crippen molar-refractivity contribution in [1.29, 1.82) is 0 Å². The zero-order chi connectivity index (χ0) is 10.1. The summed E-state index contributed by atoms with van der Waals surface area (Å²) < 4.78 is 26.0. The van der Waals surface area contributed by atoms with Crippen molar-refractivity contribution in [3.05, 3.63) is 35.4 Å². The Bertz CT molecular complexity index is 367. The van der Waals surface area contributed by atoms with E-state index in [1.165, 1.54) is 6.07 Å². The van der Waals surface area contributed by atoms with Gasteiger partial charge in [0.25, 0.3) is 0 Å². The fourth-order valence-electron chi connectivity index (χ4n) is 1.61. The molecule has 0 heterocycles. The van der Waals surface area contributed by atoms with Crippen LogP contribution in [-0.4, -0.2) is 12.5 Å². The molecule has 1 fully saturated rings. The van der Waals surface area contributed by atoms with Gasteiger partial charge >= 0.3 is 0 Å². The molecule has 0 radical (unpaired) electrons. The third kappa shape index (κ3) is 1.60. The number of hydrogen-bond acceptors (Lipinski definition) is 1. The molecule has 14 heavy (non-hydrogen) atoms. The number of benzene rings is 1. The Morgan fingerprint density at radius 1 is 1.43 bits per heavy atom. The highest BCUT2D eigenvalue weighted by Crippen LogP contribution is 2.41. The maximum absolute atomic E-state index is 13.2. The van der Waals surface area contributed by atoms with Crippen LogP contribution in [0.4, 0.5) is 8.78 Å². The van der Waals surface area contributed by atoms with Gasteiger partial charge in [0.2, 0.25) is 6.41 Å². The van der Waals surface area contributed by atoms with E-state index in [0.29, 0.717) is 18.4 Å². The van der Waals surface area contributed by atoms with Gasteiger partial charge in [-0.25, -0.2) is 8.78 Å². The number of halogens is 2. The Morgan fingerprint density at radius 2 is 2.21 bits per heavy atom. The van der Waals surface area contributed by atoms with Crippen LogP contribution in [0.25, 0.3) is 0 Å². The third-order valence-electron chi connectivity index (χ3n) is 2.43. The first-order valence-corrected chi connectivity index (χ1v) is 4.37. The second-order valence-electron chi connectivity index (χ2n) is 3.40. The Hall–Kier alpha value is -1.45. The van der Waals surface area contributed by atoms with Gasteiger partial charge in [-0.2, -0.15) is 0 Å². The quantitative estimate of drug-likeness (QED) is 0.732. The molecule has 1 amide bonds. The molecular formula is C10H9F2NO. The molecule has 1 saturated carbocycles. The van der Waals surface area contributed by atoms with E-state index in [1.807, 2.05) is 0 Å². The van der Waals surface area contributed by atoms with Crippen LogP contribution in [0, 0.1) is 11.6 Å². The SMILES string of the molecule is O=CN[C@@H]1C[C@H]1c1cc(F)ccc1F. The number of nitrogens with one attached hydrogen (secondary N) is 1. The molecule has 1 aromatic carbocycles. The van der Waals surface area contributed by atoms with Crippen LogP contribution in [-0.2, 0) is 4.79 Å². The van der Waals surface area contributed by atoms with Gasteiger partial charge in [0.15, 0.2) is 0 Å². The molecule has 0 spiro atoms. The van der Waals surface area contributed by atoms with E-state index in [-0.39, 0.29) is 12.0 Å². The van der Waals surface area contributed by atoms with Crippen molar-refractivity contribution in [3.63, 3.8) is 0 Å². The summed E-state index contributed by atoms with van der Waals surface area (Å²) in [5, 5.41) is 2.55. The first kappa shape index (κ1) is 9.12. The summed E-state index contributed by atoms with van der Waals surface area (Å²) in [6, 6.07) is 3.35. The molecule has 0 aliphatic heterocycles. The third-order valence-corrected chi connectivity index (χ3v) is 2.43. The van der Waals surface area contributed by atoms with Crippen LogP contribution in [0.5, 0.6) is 0 Å². The predicted molar refractivity (Wildman–Crippen MR) is 46.7 cm³/mol. The Labute approximate surface area is 79.9 Å². The Balaban J connectivity index is 2.17. The van der Waals surface area contributed by atoms with Gasteiger partial charge in [-0.15, -0.1) is 0 Å². The molecule has 4 heteroatoms. The molecule has 0 unspecified atom stereocenters. The zero-order valence-corrected chi connectivity index (χ0v) is 7.34. The predicted octanol–water partition coefficient (Wildman–Crippen LogP) is 1.57. The number of hydrogen-bond donors (Lipinski definition) is 1. The van der Waals surface area contributed by atoms with E-state index in [0.717, 1.165) is 12.1 Å². The van der Waals surface area contributed by atoms with Crippen LogP contribution >= 0.6 is 0 Å². The van der Waals surface area contributed by atoms with Crippen LogP contribution in [0.3, 0.4) is 0 Å². The molecule has 0 saturated heterocycles. The molecule has 74 valence electrons. The zero-order valence-electron chi connectivity index (χ0n) is 7.34. The second-order valence-corrected chi connectivity index (χ2v) is 3.40. The summed E-state index contributed by atoms with van der Waals surface area (Å²) in [6.45, 7) is 0. The number of carbonyl (C=O) groups is 1. The molecule has 2 rings (SSSR count). The van der Waals surface area contributed by atoms with Gasteiger partial charge < -0.3 is 5.32 Å². The van der Waals surface area contributed by atoms with Crippen LogP contribution < -0.4 is 5.32 Å². The Morgan fingerprint density at radius 3 is 2.93 bits per heavy atom. The fourth-order valence-corrected chi connectivity index (χ4v) is 1.61. The molecule has 2 nitrogen and oxygen atoms in total. The molecule has 1 aromatic rings. The first-order chi connectivity index (χ1) is 6.72. The minimum atomic E-state index is -0.446. The molecule has 1 aliphatic rings. The lowest BCUT2D eigenvalue weighted by molar-refractivity contribution is -0.109. The smallest absolute Gasteiger partial charge is 0.207 e. The van der Waals surface area contributed by atoms with E-state index in [2.05, 4.69) is 5.32 Å². The average Bonchev–Trinajstić information content (AvgIpc) is 2.89. The highest BCUT2D eigenvalue weighted by atomic mass is 19.1. The molecule has 2 atom stereocenters. The number of amides is 1. The topological polar surface area (TPSA) is 29.1 Å². The normalized spacial score (nSPS) is 24.4. The molecule has 1 N–H and O–H groups in total. The van der Waals surface area contributed by atoms with Crippen molar-refractivity contribution < 1.29 is 13.6 Å². The van der Waals surface area contributed by atoms with Crippen LogP contribution in [0.1, 0.15) is 17.9 Å². The van der Waals surface area contributed by atoms with Gasteiger partial charge in [0, 0.05) is 12.0 Å². The van der Waals surface area contributed by atoms with Crippen molar-refractivity contribution in [2.45, 2.75) is 18.4 Å². The maximum atomic E-state index is 13.2. The highest BCUT2D eigenvalue weighted by Gasteiger charge is 2.39. The molecule has 1 aliphatic carbocycles. The second kappa shape index (κ2) is 3.36. The standard InChI is InChI=1S/C10H9F2NO/c11-6-1-2-9(12)7(3-6)8-4-10(8)13-5-14/h1-3,5,8,10H,4H2,(H,13,14)/t8-,10+/m0/s1. The summed E-state index contributed by atoms with van der Waals surface area (Å²) in [7, 11) is 0. The maximum Gasteiger partial charge on any atom is 0.207 e. The van der Waals surface area contributed by atoms with Gasteiger partial charge in [0.05, 0.1) is 0 Å². The van der Waals surface area contributed by atoms with E-state index < -0.39 is 11.6 Å². The van der Waals surface area contributed by atoms with Crippen LogP contribution in [0.2, 0.25) is 0 Å². The molecule has 0 bridgehead atoms. The van der Waals surface area contributed by atoms with E-state index in [9.17, 15) is 13.6 Å². The summed E-state index contributed by atoms with van der Waals surface area (Å²) in [5.74, 6) is -0.930. The van der Waals surface area contributed by atoms with Crippen molar-refractivity contribution in [3.8, 4) is 0 Å². The molecular weight excluding hydrogens is 188 g/mol. The minimum absolute atomic E-state index is 0.0381. The van der Waals surface area contributed by atoms with E-state index in [4.69, 9.17) is 0 Å². The largest absolute Gasteiger partial charge is 0.355 e. The minimum Gasteiger partial charge on any atom is -0.355 e. The van der Waals surface area contributed by atoms with Gasteiger partial charge in [-0.1, -0.05) is 0 Å². The fraction of sp³-hybridized carbons (Fsp3) is 0.300. The highest BCUT2D eigenvalue weighted by molar-refractivity contribution is 5.49. The number of carbonyl (C=O) groups excluding carboxylic acids is 1. The number of rotatable bonds is 3. The van der Waals surface area contributed by atoms with Gasteiger partial charge in [-0.3, -0.25) is 4.79 Å². The van der Waals surface area contributed by atoms with Crippen molar-refractivity contribution in [2.24, 2.45) is 0 Å². The van der Waals surface area contributed by atoms with Crippen molar-refractivity contribution in [2.75, 3.05) is 0 Å². The summed E-state index contributed by atoms with van der Waals surface area (Å²) in [6.07, 6.45) is 1.26. The lowest BCUT2D eigenvalue weighted by Crippen LogP contribution is -2.15. The molecule has 0 aromatic heterocycles. The van der Waals surface area contributed by atoms with Crippen LogP contribution in [0.15, 0.2) is 18.2 Å². The average molecular weight is 197 g/mol. The van der Waals surface area contributed by atoms with Gasteiger partial charge in [0.1, 0.15) is 11.6 Å². The summed E-state index contributed by atoms with van der Waals surface area (Å²) in [4.78, 5) is 10.1. The van der Waals surface area contributed by atoms with Crippen molar-refractivity contribution in [1.82, 2.24) is 5.32 Å². The Kier molecular flexibility index (Phi) is 2.19.